The molecule has 4 heterocycles. The third-order valence-electron chi connectivity index (χ3n) is 13.9. The molecule has 0 atom stereocenters. The molecule has 10 aromatic carbocycles. The van der Waals surface area contributed by atoms with Gasteiger partial charge in [-0.15, -0.1) is 0 Å². The average molecular weight is 968 g/mol. The van der Waals surface area contributed by atoms with E-state index in [0.29, 0.717) is 0 Å². The molecule has 0 spiro atoms. The lowest BCUT2D eigenvalue weighted by Gasteiger charge is -2.43. The molecule has 0 fully saturated rings. The highest BCUT2D eigenvalue weighted by atomic mass is 79.9. The first kappa shape index (κ1) is 39.3. The zero-order valence-electron chi connectivity index (χ0n) is 35.7. The molecule has 308 valence electrons. The van der Waals surface area contributed by atoms with Gasteiger partial charge in [-0.2, -0.15) is 0 Å². The normalized spacial score (nSPS) is 12.9. The first-order valence-corrected chi connectivity index (χ1v) is 24.1. The van der Waals surface area contributed by atoms with Gasteiger partial charge in [0, 0.05) is 53.9 Å². The topological polar surface area (TPSA) is 6.48 Å². The highest BCUT2D eigenvalue weighted by Gasteiger charge is 2.43. The van der Waals surface area contributed by atoms with Gasteiger partial charge in [0.05, 0.1) is 0 Å². The SMILES string of the molecule is Brc1ccc2c(c1)-c1ccccc1B1c3ccccc3-c3cc(Br)ccc3N12.c1ccc(-c2ccc3c(c2)-c2ccccc2B2c4ccccc4-c4cc(-c5ccccc5)ccc4N23)cc1. The number of hydrogen-bond donors (Lipinski definition) is 0. The fraction of sp³-hybridized carbons (Fsp3) is 0. The van der Waals surface area contributed by atoms with Gasteiger partial charge in [-0.3, -0.25) is 0 Å². The van der Waals surface area contributed by atoms with Crippen LogP contribution in [0.25, 0.3) is 66.8 Å². The fourth-order valence-electron chi connectivity index (χ4n) is 11.0. The summed E-state index contributed by atoms with van der Waals surface area (Å²) in [5, 5.41) is 0. The molecule has 0 N–H and O–H groups in total. The molecular formula is C60H38B2Br2N2. The minimum absolute atomic E-state index is 0.132. The lowest BCUT2D eigenvalue weighted by molar-refractivity contribution is 1.34. The monoisotopic (exact) mass is 966 g/mol. The van der Waals surface area contributed by atoms with Crippen LogP contribution in [-0.2, 0) is 0 Å². The van der Waals surface area contributed by atoms with E-state index >= 15 is 0 Å². The van der Waals surface area contributed by atoms with Gasteiger partial charge >= 0.3 is 13.7 Å². The summed E-state index contributed by atoms with van der Waals surface area (Å²) in [6.45, 7) is 0.308. The third-order valence-corrected chi connectivity index (χ3v) is 14.8. The summed E-state index contributed by atoms with van der Waals surface area (Å²) in [7, 11) is 0. The molecule has 4 aliphatic rings. The Balaban J connectivity index is 0.000000138. The van der Waals surface area contributed by atoms with E-state index in [0.717, 1.165) is 8.95 Å². The summed E-state index contributed by atoms with van der Waals surface area (Å²) in [5.74, 6) is 0. The first-order valence-electron chi connectivity index (χ1n) is 22.5. The van der Waals surface area contributed by atoms with Crippen LogP contribution in [0, 0.1) is 0 Å². The molecular weight excluding hydrogens is 930 g/mol. The molecule has 0 saturated heterocycles. The van der Waals surface area contributed by atoms with Crippen molar-refractivity contribution in [2.24, 2.45) is 0 Å². The molecule has 0 saturated carbocycles. The Hall–Kier alpha value is -7.11. The van der Waals surface area contributed by atoms with Crippen molar-refractivity contribution in [3.63, 3.8) is 0 Å². The van der Waals surface area contributed by atoms with Crippen molar-refractivity contribution in [1.29, 1.82) is 0 Å². The van der Waals surface area contributed by atoms with Gasteiger partial charge < -0.3 is 9.62 Å². The molecule has 0 unspecified atom stereocenters. The zero-order chi connectivity index (χ0) is 43.9. The number of fused-ring (bicyclic) bond motifs is 22. The van der Waals surface area contributed by atoms with E-state index in [9.17, 15) is 0 Å². The molecule has 14 rings (SSSR count). The van der Waals surface area contributed by atoms with Gasteiger partial charge in [0.25, 0.3) is 0 Å². The van der Waals surface area contributed by atoms with Crippen LogP contribution in [0.5, 0.6) is 0 Å². The van der Waals surface area contributed by atoms with Gasteiger partial charge in [-0.05, 0) is 127 Å². The van der Waals surface area contributed by atoms with E-state index in [4.69, 9.17) is 0 Å². The summed E-state index contributed by atoms with van der Waals surface area (Å²) < 4.78 is 2.21. The van der Waals surface area contributed by atoms with Crippen LogP contribution in [0.15, 0.2) is 239 Å². The standard InChI is InChI=1S/C36H24BN.C24H14BBr2N/c1-3-11-25(12-4-1)27-19-21-35-31(23-27)29-15-7-9-17-33(29)37-34-18-10-8-16-30(34)32-24-28(20-22-36(32)38(35)37)26-13-5-2-6-14-26;26-15-9-11-23-19(13-15)17-5-1-3-7-21(17)25-22-8-4-2-6-18(22)20-14-16(27)10-12-24(20)28(23)25/h1-24H;1-14H. The maximum absolute atomic E-state index is 3.67. The van der Waals surface area contributed by atoms with Crippen LogP contribution in [0.4, 0.5) is 22.7 Å². The van der Waals surface area contributed by atoms with Gasteiger partial charge in [-0.25, -0.2) is 0 Å². The van der Waals surface area contributed by atoms with Gasteiger partial charge in [-0.1, -0.05) is 202 Å². The van der Waals surface area contributed by atoms with Crippen LogP contribution in [0.2, 0.25) is 0 Å². The second-order valence-electron chi connectivity index (χ2n) is 17.4. The van der Waals surface area contributed by atoms with E-state index in [1.165, 1.54) is 111 Å². The Morgan fingerprint density at radius 1 is 0.242 bits per heavy atom. The van der Waals surface area contributed by atoms with Crippen LogP contribution < -0.4 is 31.5 Å². The van der Waals surface area contributed by atoms with E-state index in [2.05, 4.69) is 272 Å². The number of hydrogen-bond acceptors (Lipinski definition) is 2. The van der Waals surface area contributed by atoms with Crippen molar-refractivity contribution in [3.8, 4) is 66.8 Å². The van der Waals surface area contributed by atoms with Gasteiger partial charge in [0.15, 0.2) is 0 Å². The minimum Gasteiger partial charge on any atom is -0.376 e. The highest BCUT2D eigenvalue weighted by Crippen LogP contribution is 2.49. The quantitative estimate of drug-likeness (QED) is 0.159. The largest absolute Gasteiger partial charge is 0.376 e. The predicted octanol–water partition coefficient (Wildman–Crippen LogP) is 14.0. The second kappa shape index (κ2) is 15.8. The van der Waals surface area contributed by atoms with E-state index in [-0.39, 0.29) is 13.7 Å². The highest BCUT2D eigenvalue weighted by molar-refractivity contribution is 9.10. The van der Waals surface area contributed by atoms with Crippen LogP contribution >= 0.6 is 31.9 Å². The predicted molar refractivity (Wildman–Crippen MR) is 288 cm³/mol. The number of rotatable bonds is 2. The lowest BCUT2D eigenvalue weighted by Crippen LogP contribution is -2.59. The molecule has 6 heteroatoms. The van der Waals surface area contributed by atoms with Crippen molar-refractivity contribution in [1.82, 2.24) is 0 Å². The van der Waals surface area contributed by atoms with E-state index in [1.807, 2.05) is 0 Å². The van der Waals surface area contributed by atoms with Gasteiger partial charge in [0.2, 0.25) is 0 Å². The number of halogens is 2. The molecule has 0 radical (unpaired) electrons. The molecule has 4 aliphatic heterocycles. The van der Waals surface area contributed by atoms with Crippen molar-refractivity contribution in [3.05, 3.63) is 239 Å². The number of anilines is 4. The van der Waals surface area contributed by atoms with Crippen molar-refractivity contribution in [2.75, 3.05) is 9.62 Å². The Labute approximate surface area is 403 Å². The third kappa shape index (κ3) is 6.23. The van der Waals surface area contributed by atoms with Crippen molar-refractivity contribution >= 4 is 90.2 Å². The smallest absolute Gasteiger partial charge is 0.329 e. The molecule has 0 aliphatic carbocycles. The van der Waals surface area contributed by atoms with Crippen LogP contribution in [-0.4, -0.2) is 13.7 Å². The minimum atomic E-state index is 0.132. The van der Waals surface area contributed by atoms with E-state index in [1.54, 1.807) is 0 Å². The Bertz CT molecular complexity index is 3330. The average Bonchev–Trinajstić information content (AvgIpc) is 3.38. The van der Waals surface area contributed by atoms with Crippen LogP contribution in [0.3, 0.4) is 0 Å². The lowest BCUT2D eigenvalue weighted by atomic mass is 9.43. The number of benzene rings is 10. The maximum Gasteiger partial charge on any atom is 0.329 e. The summed E-state index contributed by atoms with van der Waals surface area (Å²) in [6, 6.07) is 84.1. The Morgan fingerprint density at radius 3 is 0.879 bits per heavy atom. The van der Waals surface area contributed by atoms with E-state index < -0.39 is 0 Å². The zero-order valence-corrected chi connectivity index (χ0v) is 38.9. The molecule has 0 aromatic heterocycles. The molecule has 0 bridgehead atoms. The molecule has 0 amide bonds. The fourth-order valence-corrected chi connectivity index (χ4v) is 11.8. The van der Waals surface area contributed by atoms with Crippen LogP contribution in [0.1, 0.15) is 0 Å². The number of nitrogens with zero attached hydrogens (tertiary/aromatic N) is 2. The Kier molecular flexibility index (Phi) is 9.40. The summed E-state index contributed by atoms with van der Waals surface area (Å²) in [5.41, 5.74) is 25.8. The first-order chi connectivity index (χ1) is 32.6. The summed E-state index contributed by atoms with van der Waals surface area (Å²) >= 11 is 7.35. The van der Waals surface area contributed by atoms with Gasteiger partial charge in [0.1, 0.15) is 0 Å². The molecule has 10 aromatic rings. The summed E-state index contributed by atoms with van der Waals surface area (Å²) in [6.07, 6.45) is 0. The van der Waals surface area contributed by atoms with Crippen molar-refractivity contribution in [2.45, 2.75) is 0 Å². The maximum atomic E-state index is 3.67. The summed E-state index contributed by atoms with van der Waals surface area (Å²) in [4.78, 5) is 5.08. The molecule has 2 nitrogen and oxygen atoms in total. The molecule has 66 heavy (non-hydrogen) atoms. The second-order valence-corrected chi connectivity index (χ2v) is 19.2. The van der Waals surface area contributed by atoms with Crippen molar-refractivity contribution < 1.29 is 0 Å². The Morgan fingerprint density at radius 2 is 0.530 bits per heavy atom.